The van der Waals surface area contributed by atoms with Gasteiger partial charge < -0.3 is 5.32 Å². The molecule has 1 N–H and O–H groups in total. The van der Waals surface area contributed by atoms with E-state index in [0.29, 0.717) is 22.5 Å². The number of nitrogens with zero attached hydrogens (tertiary/aromatic N) is 4. The number of nitrogens with one attached hydrogen (secondary N) is 1. The summed E-state index contributed by atoms with van der Waals surface area (Å²) in [5.74, 6) is -0.471. The predicted octanol–water partition coefficient (Wildman–Crippen LogP) is 1.24. The van der Waals surface area contributed by atoms with E-state index in [0.717, 1.165) is 4.68 Å². The number of hydrogen-bond acceptors (Lipinski definition) is 5. The molecule has 0 spiro atoms. The summed E-state index contributed by atoms with van der Waals surface area (Å²) >= 11 is 0. The number of benzene rings is 1. The first-order valence-electron chi connectivity index (χ1n) is 6.74. The van der Waals surface area contributed by atoms with E-state index in [1.165, 1.54) is 6.07 Å². The molecule has 0 aliphatic heterocycles. The minimum Gasteiger partial charge on any atom is -0.324 e. The Morgan fingerprint density at radius 2 is 2.04 bits per heavy atom. The monoisotopic (exact) mass is 307 g/mol. The van der Waals surface area contributed by atoms with Gasteiger partial charge in [0.2, 0.25) is 5.91 Å². The van der Waals surface area contributed by atoms with Crippen LogP contribution in [0.2, 0.25) is 0 Å². The number of rotatable bonds is 3. The molecule has 1 aromatic carbocycles. The molecule has 1 amide bonds. The van der Waals surface area contributed by atoms with Crippen LogP contribution in [-0.2, 0) is 11.3 Å². The highest BCUT2D eigenvalue weighted by Crippen LogP contribution is 2.10. The molecule has 0 radical (unpaired) electrons. The lowest BCUT2D eigenvalue weighted by atomic mass is 10.1. The molecule has 2 aromatic rings. The Hall–Kier alpha value is -3.45. The van der Waals surface area contributed by atoms with Crippen molar-refractivity contribution >= 4 is 11.6 Å². The van der Waals surface area contributed by atoms with Gasteiger partial charge in [-0.25, -0.2) is 4.68 Å². The molecule has 114 valence electrons. The van der Waals surface area contributed by atoms with E-state index in [1.54, 1.807) is 32.0 Å². The van der Waals surface area contributed by atoms with Gasteiger partial charge in [0.05, 0.1) is 17.3 Å². The zero-order chi connectivity index (χ0) is 17.0. The topological polar surface area (TPSA) is 112 Å². The van der Waals surface area contributed by atoms with E-state index < -0.39 is 11.5 Å². The van der Waals surface area contributed by atoms with Gasteiger partial charge in [-0.2, -0.15) is 15.6 Å². The van der Waals surface area contributed by atoms with Crippen LogP contribution in [0.1, 0.15) is 22.4 Å². The van der Waals surface area contributed by atoms with Gasteiger partial charge in [-0.05, 0) is 37.6 Å². The number of carbonyl (C=O) groups excluding carboxylic acids is 1. The summed E-state index contributed by atoms with van der Waals surface area (Å²) in [7, 11) is 0. The maximum absolute atomic E-state index is 12.1. The van der Waals surface area contributed by atoms with E-state index in [4.69, 9.17) is 10.5 Å². The Morgan fingerprint density at radius 1 is 1.30 bits per heavy atom. The average Bonchev–Trinajstić information content (AvgIpc) is 2.53. The summed E-state index contributed by atoms with van der Waals surface area (Å²) in [6, 6.07) is 10.2. The Kier molecular flexibility index (Phi) is 4.53. The van der Waals surface area contributed by atoms with E-state index in [2.05, 4.69) is 10.4 Å². The zero-order valence-electron chi connectivity index (χ0n) is 12.6. The van der Waals surface area contributed by atoms with Crippen molar-refractivity contribution in [3.63, 3.8) is 0 Å². The third-order valence-electron chi connectivity index (χ3n) is 3.32. The fraction of sp³-hybridized carbons (Fsp3) is 0.188. The summed E-state index contributed by atoms with van der Waals surface area (Å²) in [6.07, 6.45) is 0. The average molecular weight is 307 g/mol. The minimum atomic E-state index is -0.600. The Balaban J connectivity index is 2.25. The van der Waals surface area contributed by atoms with Crippen molar-refractivity contribution in [1.29, 1.82) is 10.5 Å². The smallest absolute Gasteiger partial charge is 0.285 e. The lowest BCUT2D eigenvalue weighted by Gasteiger charge is -2.09. The number of nitriles is 2. The molecule has 0 atom stereocenters. The van der Waals surface area contributed by atoms with E-state index in [9.17, 15) is 9.59 Å². The second kappa shape index (κ2) is 6.54. The number of amides is 1. The van der Waals surface area contributed by atoms with Gasteiger partial charge >= 0.3 is 0 Å². The fourth-order valence-electron chi connectivity index (χ4n) is 2.01. The Bertz CT molecular complexity index is 916. The zero-order valence-corrected chi connectivity index (χ0v) is 12.6. The maximum Gasteiger partial charge on any atom is 0.285 e. The van der Waals surface area contributed by atoms with Crippen molar-refractivity contribution < 1.29 is 4.79 Å². The molecule has 1 heterocycles. The highest BCUT2D eigenvalue weighted by Gasteiger charge is 2.14. The lowest BCUT2D eigenvalue weighted by Crippen LogP contribution is -2.32. The number of anilines is 1. The normalized spacial score (nSPS) is 9.74. The highest BCUT2D eigenvalue weighted by molar-refractivity contribution is 5.90. The quantitative estimate of drug-likeness (QED) is 0.917. The molecule has 7 nitrogen and oxygen atoms in total. The molecule has 0 aliphatic carbocycles. The lowest BCUT2D eigenvalue weighted by molar-refractivity contribution is -0.117. The van der Waals surface area contributed by atoms with Crippen molar-refractivity contribution in [3.8, 4) is 12.1 Å². The molecule has 0 unspecified atom stereocenters. The summed E-state index contributed by atoms with van der Waals surface area (Å²) < 4.78 is 0.963. The van der Waals surface area contributed by atoms with Gasteiger partial charge in [0.15, 0.2) is 0 Å². The highest BCUT2D eigenvalue weighted by atomic mass is 16.2. The molecule has 0 saturated heterocycles. The number of carbonyl (C=O) groups is 1. The third-order valence-corrected chi connectivity index (χ3v) is 3.32. The van der Waals surface area contributed by atoms with Gasteiger partial charge in [0, 0.05) is 5.69 Å². The number of aryl methyl sites for hydroxylation is 1. The van der Waals surface area contributed by atoms with Crippen LogP contribution < -0.4 is 10.9 Å². The van der Waals surface area contributed by atoms with E-state index in [1.807, 2.05) is 12.1 Å². The summed E-state index contributed by atoms with van der Waals surface area (Å²) in [6.45, 7) is 2.99. The van der Waals surface area contributed by atoms with Crippen LogP contribution in [-0.4, -0.2) is 15.7 Å². The summed E-state index contributed by atoms with van der Waals surface area (Å²) in [4.78, 5) is 24.2. The van der Waals surface area contributed by atoms with Crippen molar-refractivity contribution in [2.45, 2.75) is 20.4 Å². The molecule has 0 aliphatic rings. The molecule has 2 rings (SSSR count). The Morgan fingerprint density at radius 3 is 2.70 bits per heavy atom. The van der Waals surface area contributed by atoms with Gasteiger partial charge in [0.25, 0.3) is 5.56 Å². The number of hydrogen-bond donors (Lipinski definition) is 1. The van der Waals surface area contributed by atoms with Crippen molar-refractivity contribution in [1.82, 2.24) is 9.78 Å². The van der Waals surface area contributed by atoms with Crippen LogP contribution >= 0.6 is 0 Å². The molecular formula is C16H13N5O2. The molecule has 1 aromatic heterocycles. The van der Waals surface area contributed by atoms with Crippen LogP contribution in [0.3, 0.4) is 0 Å². The van der Waals surface area contributed by atoms with Gasteiger partial charge in [-0.15, -0.1) is 0 Å². The van der Waals surface area contributed by atoms with Crippen molar-refractivity contribution in [2.75, 3.05) is 5.32 Å². The molecular weight excluding hydrogens is 294 g/mol. The second-order valence-corrected chi connectivity index (χ2v) is 4.90. The number of aromatic nitrogens is 2. The summed E-state index contributed by atoms with van der Waals surface area (Å²) in [5, 5.41) is 24.5. The van der Waals surface area contributed by atoms with Crippen LogP contribution in [0.25, 0.3) is 0 Å². The van der Waals surface area contributed by atoms with Crippen LogP contribution in [0, 0.1) is 36.5 Å². The minimum absolute atomic E-state index is 0.0169. The largest absolute Gasteiger partial charge is 0.324 e. The molecule has 7 heteroatoms. The van der Waals surface area contributed by atoms with Gasteiger partial charge in [0.1, 0.15) is 18.2 Å². The van der Waals surface area contributed by atoms with Crippen LogP contribution in [0.5, 0.6) is 0 Å². The molecule has 0 fully saturated rings. The first-order chi connectivity index (χ1) is 11.0. The van der Waals surface area contributed by atoms with E-state index >= 15 is 0 Å². The Labute approximate surface area is 132 Å². The predicted molar refractivity (Wildman–Crippen MR) is 82.5 cm³/mol. The second-order valence-electron chi connectivity index (χ2n) is 4.90. The van der Waals surface area contributed by atoms with Crippen LogP contribution in [0.4, 0.5) is 5.69 Å². The van der Waals surface area contributed by atoms with Gasteiger partial charge in [-0.1, -0.05) is 6.07 Å². The summed E-state index contributed by atoms with van der Waals surface area (Å²) in [5.41, 5.74) is 1.27. The fourth-order valence-corrected chi connectivity index (χ4v) is 2.01. The van der Waals surface area contributed by atoms with Crippen molar-refractivity contribution in [3.05, 3.63) is 57.0 Å². The first kappa shape index (κ1) is 15.9. The SMILES string of the molecule is Cc1nn(CC(=O)Nc2cccc(C#N)c2)c(=O)c(C#N)c1C. The van der Waals surface area contributed by atoms with Crippen LogP contribution in [0.15, 0.2) is 29.1 Å². The first-order valence-corrected chi connectivity index (χ1v) is 6.74. The maximum atomic E-state index is 12.1. The molecule has 0 bridgehead atoms. The third kappa shape index (κ3) is 3.42. The van der Waals surface area contributed by atoms with E-state index in [-0.39, 0.29) is 12.1 Å². The molecule has 0 saturated carbocycles. The standard InChI is InChI=1S/C16H13N5O2/c1-10-11(2)20-21(16(23)14(10)8-18)9-15(22)19-13-5-3-4-12(6-13)7-17/h3-6H,9H2,1-2H3,(H,19,22). The van der Waals surface area contributed by atoms with Gasteiger partial charge in [-0.3, -0.25) is 9.59 Å². The van der Waals surface area contributed by atoms with Crippen molar-refractivity contribution in [2.24, 2.45) is 0 Å². The molecule has 23 heavy (non-hydrogen) atoms.